The Balaban J connectivity index is 1.13. The van der Waals surface area contributed by atoms with Crippen LogP contribution in [-0.2, 0) is 0 Å². The fourth-order valence-corrected chi connectivity index (χ4v) is 8.44. The monoisotopic (exact) mass is 643 g/mol. The molecule has 230 valence electrons. The van der Waals surface area contributed by atoms with Gasteiger partial charge in [0.15, 0.2) is 5.58 Å². The van der Waals surface area contributed by atoms with Gasteiger partial charge < -0.3 is 9.32 Å². The lowest BCUT2D eigenvalue weighted by molar-refractivity contribution is 0.669. The van der Waals surface area contributed by atoms with Crippen molar-refractivity contribution in [3.63, 3.8) is 0 Å². The van der Waals surface area contributed by atoms with Crippen LogP contribution in [-0.4, -0.2) is 0 Å². The van der Waals surface area contributed by atoms with E-state index in [0.29, 0.717) is 0 Å². The number of benzene rings is 8. The van der Waals surface area contributed by atoms with Crippen LogP contribution >= 0.6 is 11.3 Å². The van der Waals surface area contributed by atoms with E-state index in [2.05, 4.69) is 175 Å². The van der Waals surface area contributed by atoms with Crippen molar-refractivity contribution in [2.45, 2.75) is 0 Å². The minimum absolute atomic E-state index is 0.882. The summed E-state index contributed by atoms with van der Waals surface area (Å²) in [5.74, 6) is 0. The molecule has 49 heavy (non-hydrogen) atoms. The molecule has 2 heterocycles. The number of thiophene rings is 1. The average Bonchev–Trinajstić information content (AvgIpc) is 3.75. The molecule has 10 aromatic rings. The number of nitrogens with zero attached hydrogens (tertiary/aromatic N) is 1. The van der Waals surface area contributed by atoms with Crippen LogP contribution in [0, 0.1) is 0 Å². The molecule has 0 fully saturated rings. The highest BCUT2D eigenvalue weighted by molar-refractivity contribution is 7.26. The van der Waals surface area contributed by atoms with Crippen LogP contribution in [0.25, 0.3) is 75.1 Å². The average molecular weight is 644 g/mol. The molecule has 0 saturated heterocycles. The van der Waals surface area contributed by atoms with Crippen LogP contribution in [0.2, 0.25) is 0 Å². The van der Waals surface area contributed by atoms with Gasteiger partial charge >= 0.3 is 0 Å². The highest BCUT2D eigenvalue weighted by atomic mass is 32.1. The maximum Gasteiger partial charge on any atom is 0.159 e. The molecule has 3 heteroatoms. The summed E-state index contributed by atoms with van der Waals surface area (Å²) in [6.45, 7) is 0. The zero-order valence-electron chi connectivity index (χ0n) is 26.5. The quantitative estimate of drug-likeness (QED) is 0.186. The summed E-state index contributed by atoms with van der Waals surface area (Å²) >= 11 is 1.84. The second kappa shape index (κ2) is 11.2. The molecule has 2 aromatic heterocycles. The Kier molecular flexibility index (Phi) is 6.39. The predicted molar refractivity (Wildman–Crippen MR) is 210 cm³/mol. The summed E-state index contributed by atoms with van der Waals surface area (Å²) in [6, 6.07) is 63.2. The number of anilines is 3. The number of hydrogen-bond donors (Lipinski definition) is 0. The lowest BCUT2D eigenvalue weighted by Gasteiger charge is -2.26. The second-order valence-corrected chi connectivity index (χ2v) is 13.6. The third-order valence-corrected chi connectivity index (χ3v) is 10.8. The molecule has 0 unspecified atom stereocenters. The van der Waals surface area contributed by atoms with Crippen molar-refractivity contribution >= 4 is 81.3 Å². The molecular weight excluding hydrogens is 615 g/mol. The molecule has 0 atom stereocenters. The van der Waals surface area contributed by atoms with Gasteiger partial charge in [0.1, 0.15) is 5.58 Å². The second-order valence-electron chi connectivity index (χ2n) is 12.5. The van der Waals surface area contributed by atoms with Crippen LogP contribution in [0.15, 0.2) is 180 Å². The van der Waals surface area contributed by atoms with Crippen molar-refractivity contribution in [3.8, 4) is 22.3 Å². The van der Waals surface area contributed by atoms with Gasteiger partial charge in [0.05, 0.1) is 11.4 Å². The summed E-state index contributed by atoms with van der Waals surface area (Å²) in [5.41, 5.74) is 9.79. The smallest absolute Gasteiger partial charge is 0.159 e. The molecule has 2 nitrogen and oxygen atoms in total. The summed E-state index contributed by atoms with van der Waals surface area (Å²) in [6.07, 6.45) is 0. The van der Waals surface area contributed by atoms with Crippen molar-refractivity contribution in [2.24, 2.45) is 0 Å². The summed E-state index contributed by atoms with van der Waals surface area (Å²) in [4.78, 5) is 2.38. The molecule has 0 bridgehead atoms. The lowest BCUT2D eigenvalue weighted by Crippen LogP contribution is -2.10. The molecule has 0 aliphatic rings. The summed E-state index contributed by atoms with van der Waals surface area (Å²) < 4.78 is 9.18. The maximum absolute atomic E-state index is 6.62. The normalized spacial score (nSPS) is 11.7. The van der Waals surface area contributed by atoms with E-state index in [-0.39, 0.29) is 0 Å². The fourth-order valence-electron chi connectivity index (χ4n) is 7.31. The molecule has 0 amide bonds. The predicted octanol–water partition coefficient (Wildman–Crippen LogP) is 13.9. The van der Waals surface area contributed by atoms with Crippen molar-refractivity contribution in [1.29, 1.82) is 0 Å². The van der Waals surface area contributed by atoms with Gasteiger partial charge in [0.2, 0.25) is 0 Å². The fraction of sp³-hybridized carbons (Fsp3) is 0. The first-order valence-corrected chi connectivity index (χ1v) is 17.4. The highest BCUT2D eigenvalue weighted by Crippen LogP contribution is 2.47. The lowest BCUT2D eigenvalue weighted by atomic mass is 9.97. The molecule has 0 spiro atoms. The Labute approximate surface area is 287 Å². The molecule has 8 aromatic carbocycles. The van der Waals surface area contributed by atoms with E-state index in [1.165, 1.54) is 53.2 Å². The van der Waals surface area contributed by atoms with E-state index in [1.54, 1.807) is 0 Å². The number of furan rings is 1. The first-order chi connectivity index (χ1) is 24.3. The van der Waals surface area contributed by atoms with E-state index in [4.69, 9.17) is 4.42 Å². The molecule has 0 saturated carbocycles. The van der Waals surface area contributed by atoms with Crippen LogP contribution in [0.1, 0.15) is 0 Å². The first-order valence-electron chi connectivity index (χ1n) is 16.6. The van der Waals surface area contributed by atoms with Gasteiger partial charge in [0, 0.05) is 36.6 Å². The zero-order valence-corrected chi connectivity index (χ0v) is 27.3. The van der Waals surface area contributed by atoms with E-state index >= 15 is 0 Å². The zero-order chi connectivity index (χ0) is 32.3. The number of fused-ring (bicyclic) bond motifs is 7. The number of rotatable bonds is 5. The molecule has 0 aliphatic carbocycles. The minimum Gasteiger partial charge on any atom is -0.454 e. The van der Waals surface area contributed by atoms with Gasteiger partial charge in [-0.05, 0) is 87.6 Å². The van der Waals surface area contributed by atoms with Crippen molar-refractivity contribution < 1.29 is 4.42 Å². The first kappa shape index (κ1) is 27.9. The van der Waals surface area contributed by atoms with E-state index < -0.39 is 0 Å². The van der Waals surface area contributed by atoms with Crippen molar-refractivity contribution in [1.82, 2.24) is 0 Å². The van der Waals surface area contributed by atoms with Crippen molar-refractivity contribution in [2.75, 3.05) is 4.90 Å². The Morgan fingerprint density at radius 2 is 1.04 bits per heavy atom. The van der Waals surface area contributed by atoms with Gasteiger partial charge in [-0.1, -0.05) is 121 Å². The summed E-state index contributed by atoms with van der Waals surface area (Å²) in [5, 5.41) is 7.27. The molecular formula is C46H29NOS. The largest absolute Gasteiger partial charge is 0.454 e. The molecule has 10 rings (SSSR count). The topological polar surface area (TPSA) is 16.4 Å². The van der Waals surface area contributed by atoms with E-state index in [1.807, 2.05) is 17.4 Å². The Hall–Kier alpha value is -6.16. The SMILES string of the molecule is c1cc(-c2ccc(N(c3cccc4c3oc3ccccc34)c3cccc4sc5ccccc5c34)cc2)cc(-c2ccc3ccccc3c2)c1. The van der Waals surface area contributed by atoms with Crippen LogP contribution < -0.4 is 4.90 Å². The van der Waals surface area contributed by atoms with Crippen LogP contribution in [0.3, 0.4) is 0 Å². The van der Waals surface area contributed by atoms with Crippen LogP contribution in [0.4, 0.5) is 17.1 Å². The van der Waals surface area contributed by atoms with E-state index in [0.717, 1.165) is 39.0 Å². The molecule has 0 aliphatic heterocycles. The minimum atomic E-state index is 0.882. The highest BCUT2D eigenvalue weighted by Gasteiger charge is 2.22. The molecule has 0 N–H and O–H groups in total. The van der Waals surface area contributed by atoms with Gasteiger partial charge in [-0.15, -0.1) is 11.3 Å². The number of para-hydroxylation sites is 2. The molecule has 0 radical (unpaired) electrons. The van der Waals surface area contributed by atoms with Gasteiger partial charge in [-0.3, -0.25) is 0 Å². The third-order valence-electron chi connectivity index (χ3n) is 9.65. The van der Waals surface area contributed by atoms with E-state index in [9.17, 15) is 0 Å². The van der Waals surface area contributed by atoms with Gasteiger partial charge in [-0.25, -0.2) is 0 Å². The third kappa shape index (κ3) is 4.62. The van der Waals surface area contributed by atoms with Crippen LogP contribution in [0.5, 0.6) is 0 Å². The van der Waals surface area contributed by atoms with Gasteiger partial charge in [0.25, 0.3) is 0 Å². The van der Waals surface area contributed by atoms with Crippen molar-refractivity contribution in [3.05, 3.63) is 176 Å². The number of hydrogen-bond acceptors (Lipinski definition) is 3. The maximum atomic E-state index is 6.62. The Morgan fingerprint density at radius 1 is 0.408 bits per heavy atom. The standard InChI is InChI=1S/C46H29NOS/c1-2-11-32-29-35(23-22-30(32)10-1)34-13-7-12-33(28-34)31-24-26-36(27-25-31)47(40-17-9-21-44-45(40)39-15-4-6-20-43(39)49-44)41-18-8-16-38-37-14-3-5-19-42(37)48-46(38)41/h1-29H. The Morgan fingerprint density at radius 3 is 1.94 bits per heavy atom. The summed E-state index contributed by atoms with van der Waals surface area (Å²) in [7, 11) is 0. The Bertz CT molecular complexity index is 2840. The van der Waals surface area contributed by atoms with Gasteiger partial charge in [-0.2, -0.15) is 0 Å².